The smallest absolute Gasteiger partial charge is 0.277 e. The number of anilines is 1. The molecule has 0 fully saturated rings. The molecule has 0 aromatic heterocycles. The van der Waals surface area contributed by atoms with E-state index in [0.29, 0.717) is 10.8 Å². The van der Waals surface area contributed by atoms with E-state index in [0.717, 1.165) is 11.1 Å². The molecule has 2 aromatic carbocycles. The lowest BCUT2D eigenvalue weighted by Gasteiger charge is -2.41. The van der Waals surface area contributed by atoms with E-state index in [1.807, 2.05) is 6.92 Å². The first kappa shape index (κ1) is 20.9. The third-order valence-electron chi connectivity index (χ3n) is 5.19. The van der Waals surface area contributed by atoms with Crippen molar-refractivity contribution in [2.75, 3.05) is 18.6 Å². The van der Waals surface area contributed by atoms with E-state index in [4.69, 9.17) is 16.3 Å². The number of aryl methyl sites for hydroxylation is 1. The number of carbonyl (C=O) groups excluding carboxylic acids is 1. The predicted molar refractivity (Wildman–Crippen MR) is 120 cm³/mol. The minimum atomic E-state index is -0.352. The first-order valence-electron chi connectivity index (χ1n) is 9.46. The van der Waals surface area contributed by atoms with Crippen molar-refractivity contribution >= 4 is 35.0 Å². The van der Waals surface area contributed by atoms with Crippen molar-refractivity contribution in [3.8, 4) is 5.75 Å². The number of benzene rings is 2. The van der Waals surface area contributed by atoms with Crippen LogP contribution in [0.3, 0.4) is 0 Å². The summed E-state index contributed by atoms with van der Waals surface area (Å²) in [6, 6.07) is 11.3. The number of nitrogens with zero attached hydrogens (tertiary/aromatic N) is 2. The molecule has 0 unspecified atom stereocenters. The summed E-state index contributed by atoms with van der Waals surface area (Å²) in [7, 11) is 2.11. The third-order valence-corrected chi connectivity index (χ3v) is 5.51. The second-order valence-electron chi connectivity index (χ2n) is 7.78. The Labute approximate surface area is 177 Å². The number of rotatable bonds is 5. The minimum absolute atomic E-state index is 0.0330. The van der Waals surface area contributed by atoms with Crippen molar-refractivity contribution in [1.29, 1.82) is 0 Å². The van der Waals surface area contributed by atoms with Crippen molar-refractivity contribution in [2.24, 2.45) is 5.10 Å². The summed E-state index contributed by atoms with van der Waals surface area (Å²) in [5, 5.41) is 4.55. The molecule has 3 rings (SSSR count). The highest BCUT2D eigenvalue weighted by molar-refractivity contribution is 6.32. The van der Waals surface area contributed by atoms with E-state index in [1.165, 1.54) is 16.8 Å². The molecule has 0 aliphatic carbocycles. The van der Waals surface area contributed by atoms with Gasteiger partial charge in [-0.05, 0) is 68.7 Å². The van der Waals surface area contributed by atoms with Crippen molar-refractivity contribution in [3.05, 3.63) is 64.2 Å². The molecule has 1 N–H and O–H groups in total. The molecule has 152 valence electrons. The number of carbonyl (C=O) groups is 1. The highest BCUT2D eigenvalue weighted by atomic mass is 35.5. The van der Waals surface area contributed by atoms with Gasteiger partial charge in [0.25, 0.3) is 5.91 Å². The van der Waals surface area contributed by atoms with Crippen LogP contribution in [0.25, 0.3) is 5.57 Å². The van der Waals surface area contributed by atoms with Crippen LogP contribution in [0.1, 0.15) is 37.5 Å². The second-order valence-corrected chi connectivity index (χ2v) is 8.19. The fraction of sp³-hybridized carbons (Fsp3) is 0.304. The largest absolute Gasteiger partial charge is 0.482 e. The summed E-state index contributed by atoms with van der Waals surface area (Å²) in [6.45, 7) is 8.40. The molecule has 6 heteroatoms. The van der Waals surface area contributed by atoms with Crippen LogP contribution in [0.15, 0.2) is 47.6 Å². The lowest BCUT2D eigenvalue weighted by Crippen LogP contribution is -2.42. The average Bonchev–Trinajstić information content (AvgIpc) is 2.66. The highest BCUT2D eigenvalue weighted by Gasteiger charge is 2.28. The van der Waals surface area contributed by atoms with Gasteiger partial charge < -0.3 is 9.64 Å². The van der Waals surface area contributed by atoms with Crippen molar-refractivity contribution in [1.82, 2.24) is 5.43 Å². The van der Waals surface area contributed by atoms with Gasteiger partial charge in [-0.25, -0.2) is 5.43 Å². The fourth-order valence-corrected chi connectivity index (χ4v) is 3.56. The number of hydrazone groups is 1. The second kappa shape index (κ2) is 8.29. The molecule has 1 amide bonds. The van der Waals surface area contributed by atoms with Gasteiger partial charge in [-0.3, -0.25) is 4.79 Å². The molecular weight excluding hydrogens is 386 g/mol. The van der Waals surface area contributed by atoms with E-state index in [-0.39, 0.29) is 18.1 Å². The zero-order valence-corrected chi connectivity index (χ0v) is 18.2. The Hall–Kier alpha value is -2.79. The number of hydrogen-bond acceptors (Lipinski definition) is 4. The monoisotopic (exact) mass is 411 g/mol. The lowest BCUT2D eigenvalue weighted by molar-refractivity contribution is -0.123. The van der Waals surface area contributed by atoms with Crippen LogP contribution in [-0.2, 0) is 4.79 Å². The van der Waals surface area contributed by atoms with Gasteiger partial charge in [-0.1, -0.05) is 29.8 Å². The van der Waals surface area contributed by atoms with Gasteiger partial charge in [0.15, 0.2) is 6.61 Å². The van der Waals surface area contributed by atoms with Gasteiger partial charge in [-0.15, -0.1) is 0 Å². The number of amides is 1. The van der Waals surface area contributed by atoms with Crippen LogP contribution in [0, 0.1) is 6.92 Å². The maximum atomic E-state index is 12.0. The summed E-state index contributed by atoms with van der Waals surface area (Å²) < 4.78 is 5.41. The standard InChI is InChI=1S/C23H26ClN3O2/c1-15-10-20-18(16(2)12-23(3,4)27(20)5)11-17(15)13-25-26-22(28)14-29-21-9-7-6-8-19(21)24/h6-13H,14H2,1-5H3,(H,26,28)/b25-13+. The Balaban J connectivity index is 1.68. The van der Waals surface area contributed by atoms with Crippen LogP contribution in [0.4, 0.5) is 5.69 Å². The first-order valence-corrected chi connectivity index (χ1v) is 9.84. The van der Waals surface area contributed by atoms with E-state index >= 15 is 0 Å². The molecule has 1 aliphatic rings. The van der Waals surface area contributed by atoms with E-state index < -0.39 is 0 Å². The minimum Gasteiger partial charge on any atom is -0.482 e. The first-order chi connectivity index (χ1) is 13.7. The maximum absolute atomic E-state index is 12.0. The number of fused-ring (bicyclic) bond motifs is 1. The molecule has 5 nitrogen and oxygen atoms in total. The molecular formula is C23H26ClN3O2. The Morgan fingerprint density at radius 3 is 2.72 bits per heavy atom. The normalized spacial score (nSPS) is 15.1. The van der Waals surface area contributed by atoms with Gasteiger partial charge in [-0.2, -0.15) is 5.10 Å². The van der Waals surface area contributed by atoms with Crippen LogP contribution in [0.2, 0.25) is 5.02 Å². The summed E-state index contributed by atoms with van der Waals surface area (Å²) in [5.41, 5.74) is 8.11. The van der Waals surface area contributed by atoms with Crippen LogP contribution < -0.4 is 15.1 Å². The van der Waals surface area contributed by atoms with Gasteiger partial charge in [0.05, 0.1) is 16.8 Å². The Kier molecular flexibility index (Phi) is 5.99. The van der Waals surface area contributed by atoms with Crippen LogP contribution in [0.5, 0.6) is 5.75 Å². The molecule has 1 aliphatic heterocycles. The molecule has 2 aromatic rings. The summed E-state index contributed by atoms with van der Waals surface area (Å²) >= 11 is 6.01. The summed E-state index contributed by atoms with van der Waals surface area (Å²) in [5.74, 6) is 0.113. The van der Waals surface area contributed by atoms with Gasteiger partial charge in [0.1, 0.15) is 5.75 Å². The number of halogens is 1. The van der Waals surface area contributed by atoms with Gasteiger partial charge >= 0.3 is 0 Å². The third kappa shape index (κ3) is 4.62. The number of ether oxygens (including phenoxy) is 1. The zero-order chi connectivity index (χ0) is 21.2. The lowest BCUT2D eigenvalue weighted by atomic mass is 9.87. The number of nitrogens with one attached hydrogen (secondary N) is 1. The molecule has 0 atom stereocenters. The Morgan fingerprint density at radius 2 is 2.00 bits per heavy atom. The van der Waals surface area contributed by atoms with E-state index in [2.05, 4.69) is 61.5 Å². The van der Waals surface area contributed by atoms with Crippen molar-refractivity contribution in [2.45, 2.75) is 33.2 Å². The molecule has 0 saturated carbocycles. The molecule has 0 saturated heterocycles. The van der Waals surface area contributed by atoms with E-state index in [1.54, 1.807) is 30.5 Å². The Morgan fingerprint density at radius 1 is 1.28 bits per heavy atom. The maximum Gasteiger partial charge on any atom is 0.277 e. The predicted octanol–water partition coefficient (Wildman–Crippen LogP) is 4.81. The Bertz CT molecular complexity index is 996. The molecule has 0 bridgehead atoms. The average molecular weight is 412 g/mol. The molecule has 29 heavy (non-hydrogen) atoms. The molecule has 0 radical (unpaired) electrons. The van der Waals surface area contributed by atoms with Crippen LogP contribution in [-0.4, -0.2) is 31.3 Å². The van der Waals surface area contributed by atoms with Crippen molar-refractivity contribution < 1.29 is 9.53 Å². The highest BCUT2D eigenvalue weighted by Crippen LogP contribution is 2.38. The topological polar surface area (TPSA) is 53.9 Å². The van der Waals surface area contributed by atoms with E-state index in [9.17, 15) is 4.79 Å². The van der Waals surface area contributed by atoms with Gasteiger partial charge in [0, 0.05) is 18.3 Å². The zero-order valence-electron chi connectivity index (χ0n) is 17.4. The van der Waals surface area contributed by atoms with Crippen molar-refractivity contribution in [3.63, 3.8) is 0 Å². The number of para-hydroxylation sites is 1. The van der Waals surface area contributed by atoms with Gasteiger partial charge in [0.2, 0.25) is 0 Å². The number of hydrogen-bond donors (Lipinski definition) is 1. The van der Waals surface area contributed by atoms with Crippen LogP contribution >= 0.6 is 11.6 Å². The summed E-state index contributed by atoms with van der Waals surface area (Å²) in [6.07, 6.45) is 3.93. The SMILES string of the molecule is CC1=CC(C)(C)N(C)c2cc(C)c(/C=N/NC(=O)COc3ccccc3Cl)cc21. The molecule has 0 spiro atoms. The number of allylic oxidation sites excluding steroid dienone is 1. The summed E-state index contributed by atoms with van der Waals surface area (Å²) in [4.78, 5) is 14.3. The molecule has 1 heterocycles. The number of likely N-dealkylation sites (N-methyl/N-ethyl adjacent to an activating group) is 1. The fourth-order valence-electron chi connectivity index (χ4n) is 3.37. The quantitative estimate of drug-likeness (QED) is 0.567.